The van der Waals surface area contributed by atoms with E-state index in [9.17, 15) is 13.2 Å². The summed E-state index contributed by atoms with van der Waals surface area (Å²) in [5.74, 6) is 0. The highest BCUT2D eigenvalue weighted by atomic mass is 32.2. The van der Waals surface area contributed by atoms with Gasteiger partial charge in [-0.1, -0.05) is 58.2 Å². The first-order valence-electron chi connectivity index (χ1n) is 5.62. The Labute approximate surface area is 109 Å². The molecule has 111 valence electrons. The Bertz CT molecular complexity index is 305. The van der Waals surface area contributed by atoms with Crippen molar-refractivity contribution in [2.75, 3.05) is 0 Å². The van der Waals surface area contributed by atoms with Crippen molar-refractivity contribution in [1.29, 1.82) is 0 Å². The molecule has 0 amide bonds. The van der Waals surface area contributed by atoms with Crippen LogP contribution >= 0.6 is 0 Å². The highest BCUT2D eigenvalue weighted by Crippen LogP contribution is 2.29. The summed E-state index contributed by atoms with van der Waals surface area (Å²) in [5, 5.41) is 0. The number of alkyl halides is 3. The third-order valence-corrected chi connectivity index (χ3v) is 6.88. The molecule has 0 aliphatic carbocycles. The van der Waals surface area contributed by atoms with Crippen LogP contribution in [0, 0.1) is 0 Å². The lowest BCUT2D eigenvalue weighted by Crippen LogP contribution is -2.24. The van der Waals surface area contributed by atoms with Gasteiger partial charge in [0.2, 0.25) is 0 Å². The van der Waals surface area contributed by atoms with E-state index in [1.807, 2.05) is 0 Å². The van der Waals surface area contributed by atoms with Crippen LogP contribution in [0.1, 0.15) is 41.5 Å². The summed E-state index contributed by atoms with van der Waals surface area (Å²) in [4.78, 5) is 0. The van der Waals surface area contributed by atoms with E-state index in [2.05, 4.69) is 41.5 Å². The van der Waals surface area contributed by atoms with Crippen LogP contribution in [0.3, 0.4) is 0 Å². The number of hydrogen-bond acceptors (Lipinski definition) is 2. The Morgan fingerprint density at radius 2 is 1.06 bits per heavy atom. The Kier molecular flexibility index (Phi) is 8.42. The van der Waals surface area contributed by atoms with Gasteiger partial charge in [-0.3, -0.25) is 4.55 Å². The summed E-state index contributed by atoms with van der Waals surface area (Å²) in [6.07, 6.45) is 0. The van der Waals surface area contributed by atoms with Crippen molar-refractivity contribution in [2.45, 2.75) is 63.7 Å². The quantitative estimate of drug-likeness (QED) is 0.485. The second-order valence-corrected chi connectivity index (χ2v) is 10.8. The number of halogens is 3. The van der Waals surface area contributed by atoms with Gasteiger partial charge in [0.15, 0.2) is 0 Å². The zero-order valence-electron chi connectivity index (χ0n) is 11.5. The minimum Gasteiger partial charge on any atom is -0.279 e. The van der Waals surface area contributed by atoms with E-state index in [0.29, 0.717) is 0 Å². The SMILES string of the molecule is CC(C)[Si](C(C)C)C(C)C.O=S(=O)(O)C(F)(F)F. The van der Waals surface area contributed by atoms with Gasteiger partial charge in [-0.15, -0.1) is 0 Å². The lowest BCUT2D eigenvalue weighted by molar-refractivity contribution is -0.0510. The van der Waals surface area contributed by atoms with Crippen molar-refractivity contribution in [3.05, 3.63) is 0 Å². The highest BCUT2D eigenvalue weighted by Gasteiger charge is 2.44. The van der Waals surface area contributed by atoms with Gasteiger partial charge in [0.05, 0.1) is 8.80 Å². The Balaban J connectivity index is 0. The fourth-order valence-electron chi connectivity index (χ4n) is 2.00. The predicted octanol–water partition coefficient (Wildman–Crippen LogP) is 4.11. The van der Waals surface area contributed by atoms with E-state index in [4.69, 9.17) is 13.0 Å². The van der Waals surface area contributed by atoms with Gasteiger partial charge >= 0.3 is 15.6 Å². The van der Waals surface area contributed by atoms with Crippen LogP contribution in [0.4, 0.5) is 13.2 Å². The Hall–Kier alpha value is -0.0831. The minimum absolute atomic E-state index is 0.0957. The second-order valence-electron chi connectivity index (χ2n) is 4.88. The van der Waals surface area contributed by atoms with Crippen molar-refractivity contribution in [1.82, 2.24) is 0 Å². The van der Waals surface area contributed by atoms with Crippen LogP contribution in [-0.2, 0) is 10.1 Å². The number of hydrogen-bond donors (Lipinski definition) is 1. The third kappa shape index (κ3) is 8.10. The van der Waals surface area contributed by atoms with Crippen LogP contribution in [-0.4, -0.2) is 27.3 Å². The van der Waals surface area contributed by atoms with Crippen molar-refractivity contribution < 1.29 is 26.1 Å². The zero-order valence-corrected chi connectivity index (χ0v) is 13.4. The highest BCUT2D eigenvalue weighted by molar-refractivity contribution is 7.86. The fourth-order valence-corrected chi connectivity index (χ4v) is 6.00. The molecule has 1 N–H and O–H groups in total. The molecule has 0 unspecified atom stereocenters. The van der Waals surface area contributed by atoms with Crippen LogP contribution < -0.4 is 0 Å². The third-order valence-electron chi connectivity index (χ3n) is 2.29. The molecule has 8 heteroatoms. The van der Waals surface area contributed by atoms with Crippen LogP contribution in [0.15, 0.2) is 0 Å². The normalized spacial score (nSPS) is 13.2. The molecule has 0 aromatic rings. The maximum Gasteiger partial charge on any atom is 0.522 e. The smallest absolute Gasteiger partial charge is 0.279 e. The average Bonchev–Trinajstić information content (AvgIpc) is 1.96. The Morgan fingerprint density at radius 1 is 0.889 bits per heavy atom. The minimum atomic E-state index is -5.84. The van der Waals surface area contributed by atoms with E-state index in [1.54, 1.807) is 0 Å². The van der Waals surface area contributed by atoms with Gasteiger partial charge in [-0.2, -0.15) is 21.6 Å². The van der Waals surface area contributed by atoms with E-state index >= 15 is 0 Å². The van der Waals surface area contributed by atoms with E-state index in [-0.39, 0.29) is 8.80 Å². The first kappa shape index (κ1) is 20.2. The monoisotopic (exact) mass is 307 g/mol. The first-order chi connectivity index (χ1) is 7.71. The maximum absolute atomic E-state index is 10.7. The summed E-state index contributed by atoms with van der Waals surface area (Å²) in [6, 6.07) is 0. The molecule has 0 heterocycles. The summed E-state index contributed by atoms with van der Waals surface area (Å²) in [6.45, 7) is 14.2. The lowest BCUT2D eigenvalue weighted by atomic mass is 10.5. The Morgan fingerprint density at radius 3 is 1.06 bits per heavy atom. The van der Waals surface area contributed by atoms with Gasteiger partial charge in [-0.25, -0.2) is 0 Å². The second kappa shape index (κ2) is 7.49. The molecule has 0 bridgehead atoms. The molecule has 0 fully saturated rings. The summed E-state index contributed by atoms with van der Waals surface area (Å²) in [5.41, 5.74) is -2.73. The van der Waals surface area contributed by atoms with Crippen LogP contribution in [0.5, 0.6) is 0 Å². The van der Waals surface area contributed by atoms with E-state index in [1.165, 1.54) is 0 Å². The molecule has 0 aromatic heterocycles. The molecule has 0 aromatic carbocycles. The van der Waals surface area contributed by atoms with Gasteiger partial charge in [0.25, 0.3) is 0 Å². The zero-order chi connectivity index (χ0) is 15.3. The molecule has 3 nitrogen and oxygen atoms in total. The van der Waals surface area contributed by atoms with E-state index < -0.39 is 15.6 Å². The molecule has 0 saturated heterocycles. The maximum atomic E-state index is 10.7. The standard InChI is InChI=1S/C9H21Si.CHF3O3S/c1-7(2)10(8(3)4)9(5)6;2-1(3,4)8(5,6)7/h7-9H,1-6H3;(H,5,6,7). The summed E-state index contributed by atoms with van der Waals surface area (Å²) >= 11 is 0. The molecule has 0 aliphatic rings. The van der Waals surface area contributed by atoms with Crippen molar-refractivity contribution in [3.63, 3.8) is 0 Å². The van der Waals surface area contributed by atoms with Crippen LogP contribution in [0.2, 0.25) is 16.6 Å². The largest absolute Gasteiger partial charge is 0.522 e. The molecule has 0 saturated carbocycles. The lowest BCUT2D eigenvalue weighted by Gasteiger charge is -2.26. The topological polar surface area (TPSA) is 54.4 Å². The molecule has 0 spiro atoms. The van der Waals surface area contributed by atoms with Gasteiger partial charge < -0.3 is 0 Å². The van der Waals surface area contributed by atoms with Gasteiger partial charge in [-0.05, 0) is 0 Å². The predicted molar refractivity (Wildman–Crippen MR) is 68.7 cm³/mol. The molecular formula is C10H22F3O3SSi. The molecule has 1 radical (unpaired) electrons. The number of rotatable bonds is 3. The molecule has 18 heavy (non-hydrogen) atoms. The van der Waals surface area contributed by atoms with E-state index in [0.717, 1.165) is 16.6 Å². The van der Waals surface area contributed by atoms with Crippen molar-refractivity contribution >= 4 is 18.9 Å². The first-order valence-corrected chi connectivity index (χ1v) is 8.79. The van der Waals surface area contributed by atoms with Gasteiger partial charge in [0.1, 0.15) is 0 Å². The molecular weight excluding hydrogens is 285 g/mol. The van der Waals surface area contributed by atoms with Crippen molar-refractivity contribution in [2.24, 2.45) is 0 Å². The fraction of sp³-hybridized carbons (Fsp3) is 1.00. The van der Waals surface area contributed by atoms with Crippen LogP contribution in [0.25, 0.3) is 0 Å². The van der Waals surface area contributed by atoms with Gasteiger partial charge in [0, 0.05) is 0 Å². The van der Waals surface area contributed by atoms with Crippen molar-refractivity contribution in [3.8, 4) is 0 Å². The summed E-state index contributed by atoms with van der Waals surface area (Å²) in [7, 11) is -5.94. The molecule has 0 atom stereocenters. The molecule has 0 aliphatic heterocycles. The average molecular weight is 307 g/mol. The summed E-state index contributed by atoms with van der Waals surface area (Å²) < 4.78 is 57.5. The molecule has 0 rings (SSSR count).